The van der Waals surface area contributed by atoms with Crippen molar-refractivity contribution in [3.8, 4) is 6.07 Å². The van der Waals surface area contributed by atoms with Crippen molar-refractivity contribution in [3.63, 3.8) is 0 Å². The lowest BCUT2D eigenvalue weighted by atomic mass is 10.00. The molecule has 2 nitrogen and oxygen atoms in total. The van der Waals surface area contributed by atoms with E-state index in [9.17, 15) is 18.3 Å². The Morgan fingerprint density at radius 2 is 2.06 bits per heavy atom. The number of hydrogen-bond donors (Lipinski definition) is 1. The molecule has 1 rings (SSSR count). The first-order chi connectivity index (χ1) is 7.40. The van der Waals surface area contributed by atoms with Crippen LogP contribution < -0.4 is 0 Å². The minimum atomic E-state index is -4.57. The van der Waals surface area contributed by atoms with Crippen molar-refractivity contribution in [2.75, 3.05) is 0 Å². The number of rotatable bonds is 2. The summed E-state index contributed by atoms with van der Waals surface area (Å²) in [6, 6.07) is 4.73. The van der Waals surface area contributed by atoms with Crippen LogP contribution in [0.1, 0.15) is 36.1 Å². The lowest BCUT2D eigenvalue weighted by Gasteiger charge is -2.13. The summed E-state index contributed by atoms with van der Waals surface area (Å²) in [6.07, 6.45) is -5.19. The van der Waals surface area contributed by atoms with Gasteiger partial charge in [0.25, 0.3) is 0 Å². The molecule has 0 spiro atoms. The number of alkyl halides is 3. The highest BCUT2D eigenvalue weighted by Crippen LogP contribution is 2.33. The summed E-state index contributed by atoms with van der Waals surface area (Å²) in [5.41, 5.74) is -1.26. The van der Waals surface area contributed by atoms with Crippen LogP contribution in [0, 0.1) is 11.3 Å². The first kappa shape index (κ1) is 12.5. The molecule has 5 heteroatoms. The van der Waals surface area contributed by atoms with Crippen molar-refractivity contribution in [2.45, 2.75) is 25.6 Å². The van der Waals surface area contributed by atoms with Gasteiger partial charge in [-0.05, 0) is 24.1 Å². The molecular weight excluding hydrogens is 219 g/mol. The molecule has 86 valence electrons. The highest BCUT2D eigenvalue weighted by atomic mass is 19.4. The topological polar surface area (TPSA) is 44.0 Å². The fourth-order valence-corrected chi connectivity index (χ4v) is 1.34. The third-order valence-corrected chi connectivity index (χ3v) is 2.24. The quantitative estimate of drug-likeness (QED) is 0.847. The van der Waals surface area contributed by atoms with Crippen molar-refractivity contribution >= 4 is 0 Å². The summed E-state index contributed by atoms with van der Waals surface area (Å²) in [4.78, 5) is 0. The molecule has 16 heavy (non-hydrogen) atoms. The van der Waals surface area contributed by atoms with Gasteiger partial charge in [0.05, 0.1) is 23.3 Å². The molecule has 1 aromatic rings. The Labute approximate surface area is 90.9 Å². The highest BCUT2D eigenvalue weighted by molar-refractivity contribution is 5.42. The normalized spacial score (nSPS) is 13.2. The van der Waals surface area contributed by atoms with Crippen LogP contribution in [0.3, 0.4) is 0 Å². The van der Waals surface area contributed by atoms with Crippen LogP contribution >= 0.6 is 0 Å². The molecule has 0 fully saturated rings. The Hall–Kier alpha value is -1.54. The average molecular weight is 229 g/mol. The molecule has 0 aromatic heterocycles. The summed E-state index contributed by atoms with van der Waals surface area (Å²) < 4.78 is 37.6. The summed E-state index contributed by atoms with van der Waals surface area (Å²) in [7, 11) is 0. The Balaban J connectivity index is 3.29. The van der Waals surface area contributed by atoms with E-state index < -0.39 is 23.4 Å². The van der Waals surface area contributed by atoms with Gasteiger partial charge in [0.1, 0.15) is 0 Å². The maximum Gasteiger partial charge on any atom is 0.417 e. The van der Waals surface area contributed by atoms with Crippen LogP contribution in [-0.4, -0.2) is 5.11 Å². The number of aliphatic hydroxyl groups excluding tert-OH is 1. The lowest BCUT2D eigenvalue weighted by Crippen LogP contribution is -2.09. The number of halogens is 3. The molecule has 1 atom stereocenters. The van der Waals surface area contributed by atoms with Gasteiger partial charge in [-0.25, -0.2) is 0 Å². The van der Waals surface area contributed by atoms with Crippen LogP contribution in [0.5, 0.6) is 0 Å². The van der Waals surface area contributed by atoms with Crippen LogP contribution in [0.4, 0.5) is 13.2 Å². The van der Waals surface area contributed by atoms with Gasteiger partial charge in [-0.15, -0.1) is 0 Å². The Morgan fingerprint density at radius 1 is 1.44 bits per heavy atom. The van der Waals surface area contributed by atoms with E-state index in [0.29, 0.717) is 6.42 Å². The number of nitriles is 1. The van der Waals surface area contributed by atoms with E-state index in [1.54, 1.807) is 6.92 Å². The molecule has 0 radical (unpaired) electrons. The molecule has 0 amide bonds. The van der Waals surface area contributed by atoms with E-state index in [4.69, 9.17) is 5.26 Å². The van der Waals surface area contributed by atoms with Crippen LogP contribution in [-0.2, 0) is 6.18 Å². The van der Waals surface area contributed by atoms with Crippen LogP contribution in [0.25, 0.3) is 0 Å². The Kier molecular flexibility index (Phi) is 3.55. The monoisotopic (exact) mass is 229 g/mol. The van der Waals surface area contributed by atoms with E-state index >= 15 is 0 Å². The molecule has 0 aliphatic heterocycles. The second kappa shape index (κ2) is 4.54. The van der Waals surface area contributed by atoms with Gasteiger partial charge in [-0.1, -0.05) is 13.0 Å². The van der Waals surface area contributed by atoms with Crippen molar-refractivity contribution in [1.29, 1.82) is 5.26 Å². The van der Waals surface area contributed by atoms with E-state index in [-0.39, 0.29) is 5.56 Å². The zero-order valence-corrected chi connectivity index (χ0v) is 8.54. The average Bonchev–Trinajstić information content (AvgIpc) is 2.26. The smallest absolute Gasteiger partial charge is 0.388 e. The fourth-order valence-electron chi connectivity index (χ4n) is 1.34. The number of benzene rings is 1. The predicted octanol–water partition coefficient (Wildman–Crippen LogP) is 3.02. The first-order valence-corrected chi connectivity index (χ1v) is 4.69. The minimum absolute atomic E-state index is 0.175. The zero-order chi connectivity index (χ0) is 12.3. The third kappa shape index (κ3) is 2.52. The standard InChI is InChI=1S/C11H10F3NO/c1-2-10(16)7-3-4-8(6-15)9(5-7)11(12,13)14/h3-5,10,16H,2H2,1H3. The molecule has 1 unspecified atom stereocenters. The summed E-state index contributed by atoms with van der Waals surface area (Å²) in [5.74, 6) is 0. The highest BCUT2D eigenvalue weighted by Gasteiger charge is 2.34. The fraction of sp³-hybridized carbons (Fsp3) is 0.364. The van der Waals surface area contributed by atoms with Gasteiger partial charge in [-0.3, -0.25) is 0 Å². The van der Waals surface area contributed by atoms with Gasteiger partial charge in [0.2, 0.25) is 0 Å². The maximum absolute atomic E-state index is 12.5. The van der Waals surface area contributed by atoms with Crippen molar-refractivity contribution in [3.05, 3.63) is 34.9 Å². The van der Waals surface area contributed by atoms with Gasteiger partial charge < -0.3 is 5.11 Å². The molecule has 0 bridgehead atoms. The largest absolute Gasteiger partial charge is 0.417 e. The maximum atomic E-state index is 12.5. The number of aliphatic hydroxyl groups is 1. The van der Waals surface area contributed by atoms with Gasteiger partial charge in [-0.2, -0.15) is 18.4 Å². The Bertz CT molecular complexity index is 420. The molecule has 1 N–H and O–H groups in total. The number of nitrogens with zero attached hydrogens (tertiary/aromatic N) is 1. The van der Waals surface area contributed by atoms with E-state index in [2.05, 4.69) is 0 Å². The van der Waals surface area contributed by atoms with E-state index in [0.717, 1.165) is 12.1 Å². The van der Waals surface area contributed by atoms with Crippen molar-refractivity contribution < 1.29 is 18.3 Å². The van der Waals surface area contributed by atoms with Gasteiger partial charge >= 0.3 is 6.18 Å². The molecular formula is C11H10F3NO. The first-order valence-electron chi connectivity index (χ1n) is 4.69. The SMILES string of the molecule is CCC(O)c1ccc(C#N)c(C(F)(F)F)c1. The molecule has 0 aliphatic carbocycles. The summed E-state index contributed by atoms with van der Waals surface area (Å²) >= 11 is 0. The predicted molar refractivity (Wildman–Crippen MR) is 51.4 cm³/mol. The van der Waals surface area contributed by atoms with E-state index in [1.165, 1.54) is 12.1 Å². The van der Waals surface area contributed by atoms with Crippen LogP contribution in [0.2, 0.25) is 0 Å². The van der Waals surface area contributed by atoms with Crippen molar-refractivity contribution in [2.24, 2.45) is 0 Å². The second-order valence-corrected chi connectivity index (χ2v) is 3.34. The van der Waals surface area contributed by atoms with Gasteiger partial charge in [0.15, 0.2) is 0 Å². The molecule has 1 aromatic carbocycles. The lowest BCUT2D eigenvalue weighted by molar-refractivity contribution is -0.137. The molecule has 0 aliphatic rings. The van der Waals surface area contributed by atoms with Crippen LogP contribution in [0.15, 0.2) is 18.2 Å². The molecule has 0 saturated carbocycles. The van der Waals surface area contributed by atoms with E-state index in [1.807, 2.05) is 0 Å². The number of hydrogen-bond acceptors (Lipinski definition) is 2. The van der Waals surface area contributed by atoms with Gasteiger partial charge in [0, 0.05) is 0 Å². The third-order valence-electron chi connectivity index (χ3n) is 2.24. The molecule has 0 saturated heterocycles. The summed E-state index contributed by atoms with van der Waals surface area (Å²) in [6.45, 7) is 1.66. The second-order valence-electron chi connectivity index (χ2n) is 3.34. The zero-order valence-electron chi connectivity index (χ0n) is 8.54. The Morgan fingerprint density at radius 3 is 2.50 bits per heavy atom. The van der Waals surface area contributed by atoms with Crippen molar-refractivity contribution in [1.82, 2.24) is 0 Å². The minimum Gasteiger partial charge on any atom is -0.388 e. The molecule has 0 heterocycles. The summed E-state index contributed by atoms with van der Waals surface area (Å²) in [5, 5.41) is 18.0.